The lowest BCUT2D eigenvalue weighted by molar-refractivity contribution is 0.290. The van der Waals surface area contributed by atoms with E-state index in [1.165, 1.54) is 6.07 Å². The van der Waals surface area contributed by atoms with Crippen LogP contribution in [-0.4, -0.2) is 0 Å². The smallest absolute Gasteiger partial charge is 0.165 e. The first-order valence-electron chi connectivity index (χ1n) is 10.3. The summed E-state index contributed by atoms with van der Waals surface area (Å²) in [6.07, 6.45) is 0. The Hall–Kier alpha value is -3.59. The molecule has 31 heavy (non-hydrogen) atoms. The number of ether oxygens (including phenoxy) is 2. The zero-order chi connectivity index (χ0) is 21.6. The van der Waals surface area contributed by atoms with Crippen LogP contribution >= 0.6 is 0 Å². The van der Waals surface area contributed by atoms with Crippen molar-refractivity contribution >= 4 is 0 Å². The summed E-state index contributed by atoms with van der Waals surface area (Å²) >= 11 is 0. The number of halogens is 1. The molecular weight excluding hydrogens is 387 g/mol. The lowest BCUT2D eigenvalue weighted by Gasteiger charge is -2.15. The Morgan fingerprint density at radius 3 is 1.71 bits per heavy atom. The average molecular weight is 413 g/mol. The van der Waals surface area contributed by atoms with E-state index in [-0.39, 0.29) is 11.6 Å². The van der Waals surface area contributed by atoms with Crippen molar-refractivity contribution in [1.29, 1.82) is 0 Å². The van der Waals surface area contributed by atoms with E-state index in [1.54, 1.807) is 6.07 Å². The molecule has 0 aromatic heterocycles. The Balaban J connectivity index is 1.49. The zero-order valence-electron chi connectivity index (χ0n) is 17.8. The highest BCUT2D eigenvalue weighted by Gasteiger charge is 2.11. The third kappa shape index (κ3) is 5.13. The number of aryl methyl sites for hydroxylation is 2. The topological polar surface area (TPSA) is 18.5 Å². The van der Waals surface area contributed by atoms with Crippen molar-refractivity contribution in [2.24, 2.45) is 0 Å². The summed E-state index contributed by atoms with van der Waals surface area (Å²) in [6, 6.07) is 29.0. The molecule has 0 radical (unpaired) electrons. The molecule has 0 spiro atoms. The minimum Gasteiger partial charge on any atom is -0.488 e. The van der Waals surface area contributed by atoms with Crippen LogP contribution in [0.1, 0.15) is 22.3 Å². The van der Waals surface area contributed by atoms with Crippen LogP contribution in [0.4, 0.5) is 4.39 Å². The van der Waals surface area contributed by atoms with Gasteiger partial charge in [-0.05, 0) is 71.5 Å². The van der Waals surface area contributed by atoms with E-state index in [4.69, 9.17) is 9.47 Å². The van der Waals surface area contributed by atoms with Gasteiger partial charge in [0.2, 0.25) is 0 Å². The maximum atomic E-state index is 14.7. The van der Waals surface area contributed by atoms with Gasteiger partial charge in [0.15, 0.2) is 11.6 Å². The maximum absolute atomic E-state index is 14.7. The highest BCUT2D eigenvalue weighted by atomic mass is 19.1. The molecule has 0 unspecified atom stereocenters. The van der Waals surface area contributed by atoms with Gasteiger partial charge < -0.3 is 9.47 Å². The van der Waals surface area contributed by atoms with E-state index in [1.807, 2.05) is 92.7 Å². The second-order valence-corrected chi connectivity index (χ2v) is 7.63. The SMILES string of the molecule is Cc1cc(-c2ccc(OCc3ccccc3)c(F)c2)cc(C)c1OCc1ccccc1. The second-order valence-electron chi connectivity index (χ2n) is 7.63. The lowest BCUT2D eigenvalue weighted by atomic mass is 9.99. The molecule has 0 fully saturated rings. The molecule has 4 rings (SSSR count). The van der Waals surface area contributed by atoms with Gasteiger partial charge in [0, 0.05) is 0 Å². The predicted molar refractivity (Wildman–Crippen MR) is 123 cm³/mol. The number of benzene rings is 4. The summed E-state index contributed by atoms with van der Waals surface area (Å²) in [4.78, 5) is 0. The van der Waals surface area contributed by atoms with Crippen LogP contribution in [0.25, 0.3) is 11.1 Å². The molecule has 0 bridgehead atoms. The van der Waals surface area contributed by atoms with E-state index >= 15 is 0 Å². The number of hydrogen-bond acceptors (Lipinski definition) is 2. The molecule has 0 N–H and O–H groups in total. The van der Waals surface area contributed by atoms with Crippen molar-refractivity contribution in [1.82, 2.24) is 0 Å². The van der Waals surface area contributed by atoms with Crippen LogP contribution in [0.5, 0.6) is 11.5 Å². The van der Waals surface area contributed by atoms with Crippen molar-refractivity contribution in [2.45, 2.75) is 27.1 Å². The van der Waals surface area contributed by atoms with Crippen molar-refractivity contribution < 1.29 is 13.9 Å². The first-order valence-corrected chi connectivity index (χ1v) is 10.3. The highest BCUT2D eigenvalue weighted by Crippen LogP contribution is 2.32. The average Bonchev–Trinajstić information content (AvgIpc) is 2.79. The molecule has 0 aliphatic heterocycles. The largest absolute Gasteiger partial charge is 0.488 e. The fraction of sp³-hybridized carbons (Fsp3) is 0.143. The third-order valence-corrected chi connectivity index (χ3v) is 5.19. The fourth-order valence-electron chi connectivity index (χ4n) is 3.61. The van der Waals surface area contributed by atoms with Gasteiger partial charge in [-0.1, -0.05) is 66.7 Å². The normalized spacial score (nSPS) is 10.7. The standard InChI is InChI=1S/C28H25FO2/c1-20-15-25(16-21(2)28(20)31-19-23-11-7-4-8-12-23)24-13-14-27(26(29)17-24)30-18-22-9-5-3-6-10-22/h3-17H,18-19H2,1-2H3. The molecule has 3 heteroatoms. The van der Waals surface area contributed by atoms with Crippen molar-refractivity contribution in [2.75, 3.05) is 0 Å². The molecule has 0 saturated carbocycles. The monoisotopic (exact) mass is 412 g/mol. The van der Waals surface area contributed by atoms with Gasteiger partial charge >= 0.3 is 0 Å². The molecule has 0 aliphatic carbocycles. The summed E-state index contributed by atoms with van der Waals surface area (Å²) < 4.78 is 26.4. The third-order valence-electron chi connectivity index (χ3n) is 5.19. The molecule has 4 aromatic carbocycles. The molecule has 4 aromatic rings. The highest BCUT2D eigenvalue weighted by molar-refractivity contribution is 5.68. The second kappa shape index (κ2) is 9.48. The summed E-state index contributed by atoms with van der Waals surface area (Å²) in [5.74, 6) is 0.757. The minimum absolute atomic E-state index is 0.254. The molecule has 0 atom stereocenters. The molecule has 156 valence electrons. The van der Waals surface area contributed by atoms with Crippen LogP contribution in [0.3, 0.4) is 0 Å². The Morgan fingerprint density at radius 2 is 1.16 bits per heavy atom. The summed E-state index contributed by atoms with van der Waals surface area (Å²) in [6.45, 7) is 4.89. The predicted octanol–water partition coefficient (Wildman–Crippen LogP) is 7.27. The van der Waals surface area contributed by atoms with E-state index < -0.39 is 0 Å². The Morgan fingerprint density at radius 1 is 0.613 bits per heavy atom. The molecule has 0 aliphatic rings. The Labute approximate surface area is 182 Å². The van der Waals surface area contributed by atoms with Gasteiger partial charge in [-0.15, -0.1) is 0 Å². The molecule has 2 nitrogen and oxygen atoms in total. The van der Waals surface area contributed by atoms with Gasteiger partial charge in [-0.3, -0.25) is 0 Å². The number of hydrogen-bond donors (Lipinski definition) is 0. The van der Waals surface area contributed by atoms with Crippen LogP contribution in [0, 0.1) is 19.7 Å². The van der Waals surface area contributed by atoms with Crippen molar-refractivity contribution in [3.63, 3.8) is 0 Å². The Bertz CT molecular complexity index is 1130. The lowest BCUT2D eigenvalue weighted by Crippen LogP contribution is -2.00. The molecule has 0 amide bonds. The van der Waals surface area contributed by atoms with Crippen molar-refractivity contribution in [3.05, 3.63) is 119 Å². The van der Waals surface area contributed by atoms with E-state index in [0.29, 0.717) is 13.2 Å². The van der Waals surface area contributed by atoms with Crippen molar-refractivity contribution in [3.8, 4) is 22.6 Å². The fourth-order valence-corrected chi connectivity index (χ4v) is 3.61. The quantitative estimate of drug-likeness (QED) is 0.318. The first kappa shape index (κ1) is 20.7. The van der Waals surface area contributed by atoms with Gasteiger partial charge in [0.05, 0.1) is 0 Å². The van der Waals surface area contributed by atoms with Gasteiger partial charge in [-0.2, -0.15) is 0 Å². The minimum atomic E-state index is -0.367. The van der Waals surface area contributed by atoms with E-state index in [9.17, 15) is 4.39 Å². The number of rotatable bonds is 7. The molecule has 0 saturated heterocycles. The van der Waals surface area contributed by atoms with E-state index in [0.717, 1.165) is 39.1 Å². The summed E-state index contributed by atoms with van der Waals surface area (Å²) in [5.41, 5.74) is 5.94. The van der Waals surface area contributed by atoms with Crippen LogP contribution in [-0.2, 0) is 13.2 Å². The van der Waals surface area contributed by atoms with Gasteiger partial charge in [0.25, 0.3) is 0 Å². The molecule has 0 heterocycles. The summed E-state index contributed by atoms with van der Waals surface area (Å²) in [7, 11) is 0. The van der Waals surface area contributed by atoms with Gasteiger partial charge in [0.1, 0.15) is 19.0 Å². The summed E-state index contributed by atoms with van der Waals surface area (Å²) in [5, 5.41) is 0. The Kier molecular flexibility index (Phi) is 6.32. The maximum Gasteiger partial charge on any atom is 0.165 e. The first-order chi connectivity index (χ1) is 15.1. The molecular formula is C28H25FO2. The van der Waals surface area contributed by atoms with Crippen LogP contribution in [0.15, 0.2) is 91.0 Å². The van der Waals surface area contributed by atoms with E-state index in [2.05, 4.69) is 0 Å². The zero-order valence-corrected chi connectivity index (χ0v) is 17.8. The van der Waals surface area contributed by atoms with Crippen LogP contribution in [0.2, 0.25) is 0 Å². The van der Waals surface area contributed by atoms with Crippen LogP contribution < -0.4 is 9.47 Å². The van der Waals surface area contributed by atoms with Gasteiger partial charge in [-0.25, -0.2) is 4.39 Å².